The lowest BCUT2D eigenvalue weighted by Crippen LogP contribution is -2.39. The van der Waals surface area contributed by atoms with Gasteiger partial charge in [0.25, 0.3) is 0 Å². The maximum absolute atomic E-state index is 5.50. The summed E-state index contributed by atoms with van der Waals surface area (Å²) in [6.07, 6.45) is 6.54. The number of methoxy groups -OCH3 is 1. The van der Waals surface area contributed by atoms with Gasteiger partial charge in [0, 0.05) is 39.9 Å². The zero-order valence-electron chi connectivity index (χ0n) is 21.5. The molecule has 3 atom stereocenters. The van der Waals surface area contributed by atoms with Gasteiger partial charge in [-0.3, -0.25) is 0 Å². The molecule has 4 nitrogen and oxygen atoms in total. The highest BCUT2D eigenvalue weighted by atomic mass is 16.5. The van der Waals surface area contributed by atoms with E-state index in [1.54, 1.807) is 7.11 Å². The molecule has 1 aliphatic heterocycles. The first-order chi connectivity index (χ1) is 18.8. The van der Waals surface area contributed by atoms with Gasteiger partial charge in [-0.15, -0.1) is 0 Å². The summed E-state index contributed by atoms with van der Waals surface area (Å²) < 4.78 is 5.50. The molecule has 6 aromatic rings. The van der Waals surface area contributed by atoms with Gasteiger partial charge in [-0.05, 0) is 71.8 Å². The van der Waals surface area contributed by atoms with E-state index in [4.69, 9.17) is 4.74 Å². The highest BCUT2D eigenvalue weighted by molar-refractivity contribution is 5.85. The number of H-pyrrole nitrogens is 2. The van der Waals surface area contributed by atoms with Crippen molar-refractivity contribution < 1.29 is 4.74 Å². The number of hydrogen-bond acceptors (Lipinski definition) is 2. The first-order valence-electron chi connectivity index (χ1n) is 13.4. The van der Waals surface area contributed by atoms with Crippen LogP contribution in [0.4, 0.5) is 5.69 Å². The summed E-state index contributed by atoms with van der Waals surface area (Å²) in [6, 6.07) is 37.4. The van der Waals surface area contributed by atoms with Crippen molar-refractivity contribution in [1.29, 1.82) is 0 Å². The summed E-state index contributed by atoms with van der Waals surface area (Å²) in [5.74, 6) is 1.28. The first kappa shape index (κ1) is 22.7. The third-order valence-corrected chi connectivity index (χ3v) is 8.28. The van der Waals surface area contributed by atoms with Crippen molar-refractivity contribution in [3.63, 3.8) is 0 Å². The fraction of sp³-hybridized carbons (Fsp3) is 0.176. The van der Waals surface area contributed by atoms with Crippen molar-refractivity contribution in [3.05, 3.63) is 132 Å². The van der Waals surface area contributed by atoms with Gasteiger partial charge in [0.1, 0.15) is 5.75 Å². The largest absolute Gasteiger partial charge is 0.497 e. The van der Waals surface area contributed by atoms with Crippen molar-refractivity contribution in [2.24, 2.45) is 0 Å². The number of nitrogens with one attached hydrogen (secondary N) is 2. The van der Waals surface area contributed by atoms with Gasteiger partial charge in [0.2, 0.25) is 0 Å². The molecule has 0 spiro atoms. The number of fused-ring (bicyclic) bond motifs is 2. The normalized spacial score (nSPS) is 19.7. The quantitative estimate of drug-likeness (QED) is 0.251. The van der Waals surface area contributed by atoms with E-state index in [2.05, 4.69) is 130 Å². The Morgan fingerprint density at radius 1 is 0.632 bits per heavy atom. The highest BCUT2D eigenvalue weighted by Gasteiger charge is 2.39. The van der Waals surface area contributed by atoms with Gasteiger partial charge >= 0.3 is 0 Å². The van der Waals surface area contributed by atoms with Gasteiger partial charge in [-0.25, -0.2) is 0 Å². The molecular weight excluding hydrogens is 466 g/mol. The van der Waals surface area contributed by atoms with Gasteiger partial charge in [-0.2, -0.15) is 0 Å². The average Bonchev–Trinajstić information content (AvgIpc) is 3.62. The monoisotopic (exact) mass is 497 g/mol. The lowest BCUT2D eigenvalue weighted by molar-refractivity contribution is 0.354. The molecule has 0 radical (unpaired) electrons. The minimum atomic E-state index is 0.192. The van der Waals surface area contributed by atoms with Crippen LogP contribution >= 0.6 is 0 Å². The topological polar surface area (TPSA) is 44.0 Å². The molecule has 1 fully saturated rings. The number of hydrogen-bond donors (Lipinski definition) is 2. The molecule has 4 heteroatoms. The molecular formula is C34H31N3O. The molecule has 188 valence electrons. The van der Waals surface area contributed by atoms with E-state index in [1.165, 1.54) is 44.2 Å². The van der Waals surface area contributed by atoms with Crippen LogP contribution in [0.5, 0.6) is 5.75 Å². The second-order valence-electron chi connectivity index (χ2n) is 10.3. The highest BCUT2D eigenvalue weighted by Crippen LogP contribution is 2.52. The zero-order chi connectivity index (χ0) is 25.5. The summed E-state index contributed by atoms with van der Waals surface area (Å²) in [4.78, 5) is 9.75. The van der Waals surface area contributed by atoms with E-state index in [0.717, 1.165) is 18.6 Å². The van der Waals surface area contributed by atoms with Gasteiger partial charge < -0.3 is 19.6 Å². The van der Waals surface area contributed by atoms with Crippen molar-refractivity contribution in [2.45, 2.75) is 30.8 Å². The van der Waals surface area contributed by atoms with Crippen LogP contribution in [-0.2, 0) is 0 Å². The summed E-state index contributed by atoms with van der Waals surface area (Å²) in [5.41, 5.74) is 7.72. The maximum Gasteiger partial charge on any atom is 0.119 e. The summed E-state index contributed by atoms with van der Waals surface area (Å²) in [7, 11) is 1.73. The van der Waals surface area contributed by atoms with Gasteiger partial charge in [0.05, 0.1) is 19.2 Å². The smallest absolute Gasteiger partial charge is 0.119 e. The van der Waals surface area contributed by atoms with E-state index in [0.29, 0.717) is 5.92 Å². The van der Waals surface area contributed by atoms with Crippen LogP contribution in [0.15, 0.2) is 116 Å². The maximum atomic E-state index is 5.50. The van der Waals surface area contributed by atoms with Crippen molar-refractivity contribution in [3.8, 4) is 5.75 Å². The van der Waals surface area contributed by atoms with Crippen LogP contribution in [0.2, 0.25) is 0 Å². The molecule has 0 aliphatic carbocycles. The molecule has 0 amide bonds. The number of aromatic amines is 2. The number of ether oxygens (including phenoxy) is 1. The number of anilines is 1. The van der Waals surface area contributed by atoms with E-state index in [-0.39, 0.29) is 12.1 Å². The minimum absolute atomic E-state index is 0.192. The molecule has 7 rings (SSSR count). The van der Waals surface area contributed by atoms with Crippen molar-refractivity contribution >= 4 is 27.5 Å². The standard InChI is InChI=1S/C34H31N3O/c1-38-26-17-15-25(16-18-26)37-33(23-9-3-2-4-10-23)19-24(29-21-35-31-13-7-5-11-27(29)31)20-34(37)30-22-36-32-14-8-6-12-28(30)32/h2-18,21-22,24,33-36H,19-20H2,1H3. The number of rotatable bonds is 5. The van der Waals surface area contributed by atoms with Gasteiger partial charge in [0.15, 0.2) is 0 Å². The molecule has 3 heterocycles. The number of aromatic nitrogens is 2. The molecule has 2 aromatic heterocycles. The molecule has 1 saturated heterocycles. The molecule has 4 aromatic carbocycles. The van der Waals surface area contributed by atoms with E-state index in [1.807, 2.05) is 0 Å². The predicted octanol–water partition coefficient (Wildman–Crippen LogP) is 8.52. The lowest BCUT2D eigenvalue weighted by atomic mass is 9.77. The fourth-order valence-electron chi connectivity index (χ4n) is 6.50. The summed E-state index contributed by atoms with van der Waals surface area (Å²) in [6.45, 7) is 0. The average molecular weight is 498 g/mol. The molecule has 0 saturated carbocycles. The van der Waals surface area contributed by atoms with Crippen LogP contribution in [0, 0.1) is 0 Å². The second-order valence-corrected chi connectivity index (χ2v) is 10.3. The Bertz CT molecular complexity index is 1680. The SMILES string of the molecule is COc1ccc(N2C(c3ccccc3)CC(c3c[nH]c4ccccc34)CC2c2c[nH]c3ccccc23)cc1. The first-order valence-corrected chi connectivity index (χ1v) is 13.4. The molecule has 1 aliphatic rings. The van der Waals surface area contributed by atoms with Crippen LogP contribution in [0.25, 0.3) is 21.8 Å². The Morgan fingerprint density at radius 3 is 1.89 bits per heavy atom. The Hall–Kier alpha value is -4.44. The molecule has 3 unspecified atom stereocenters. The second kappa shape index (κ2) is 9.46. The van der Waals surface area contributed by atoms with Crippen LogP contribution in [0.1, 0.15) is 47.5 Å². The summed E-state index contributed by atoms with van der Waals surface area (Å²) >= 11 is 0. The Labute approximate surface area is 222 Å². The lowest BCUT2D eigenvalue weighted by Gasteiger charge is -2.47. The molecule has 38 heavy (non-hydrogen) atoms. The molecule has 2 N–H and O–H groups in total. The van der Waals surface area contributed by atoms with E-state index < -0.39 is 0 Å². The Balaban J connectivity index is 1.42. The third-order valence-electron chi connectivity index (χ3n) is 8.28. The van der Waals surface area contributed by atoms with Gasteiger partial charge in [-0.1, -0.05) is 66.7 Å². The van der Waals surface area contributed by atoms with Crippen LogP contribution in [0.3, 0.4) is 0 Å². The number of nitrogens with zero attached hydrogens (tertiary/aromatic N) is 1. The van der Waals surface area contributed by atoms with Crippen LogP contribution < -0.4 is 9.64 Å². The third kappa shape index (κ3) is 3.84. The van der Waals surface area contributed by atoms with Crippen LogP contribution in [-0.4, -0.2) is 17.1 Å². The summed E-state index contributed by atoms with van der Waals surface area (Å²) in [5, 5.41) is 2.63. The van der Waals surface area contributed by atoms with E-state index >= 15 is 0 Å². The van der Waals surface area contributed by atoms with E-state index in [9.17, 15) is 0 Å². The zero-order valence-corrected chi connectivity index (χ0v) is 21.5. The Kier molecular flexibility index (Phi) is 5.66. The Morgan fingerprint density at radius 2 is 1.21 bits per heavy atom. The minimum Gasteiger partial charge on any atom is -0.497 e. The fourth-order valence-corrected chi connectivity index (χ4v) is 6.50. The van der Waals surface area contributed by atoms with Crippen molar-refractivity contribution in [2.75, 3.05) is 12.0 Å². The number of benzene rings is 4. The number of para-hydroxylation sites is 2. The predicted molar refractivity (Wildman–Crippen MR) is 156 cm³/mol. The van der Waals surface area contributed by atoms with Crippen molar-refractivity contribution in [1.82, 2.24) is 9.97 Å². The number of piperidine rings is 1. The molecule has 0 bridgehead atoms.